The van der Waals surface area contributed by atoms with Crippen molar-refractivity contribution in [3.63, 3.8) is 0 Å². The normalized spacial score (nSPS) is 23.8. The third-order valence-corrected chi connectivity index (χ3v) is 4.48. The van der Waals surface area contributed by atoms with Crippen molar-refractivity contribution in [1.29, 1.82) is 0 Å². The minimum Gasteiger partial charge on any atom is -0.506 e. The Hall–Kier alpha value is -0.770. The number of nitrogens with one attached hydrogen (secondary N) is 1. The Labute approximate surface area is 120 Å². The molecule has 0 amide bonds. The van der Waals surface area contributed by atoms with E-state index in [1.807, 2.05) is 19.2 Å². The van der Waals surface area contributed by atoms with E-state index in [0.717, 1.165) is 12.1 Å². The van der Waals surface area contributed by atoms with E-state index in [0.29, 0.717) is 17.1 Å². The molecule has 106 valence electrons. The number of hydrogen-bond acceptors (Lipinski definition) is 3. The smallest absolute Gasteiger partial charge is 0.134 e. The monoisotopic (exact) mass is 282 g/mol. The average Bonchev–Trinajstić information content (AvgIpc) is 2.43. The van der Waals surface area contributed by atoms with Crippen molar-refractivity contribution < 1.29 is 5.11 Å². The van der Waals surface area contributed by atoms with Gasteiger partial charge in [-0.3, -0.25) is 4.90 Å². The summed E-state index contributed by atoms with van der Waals surface area (Å²) in [5.41, 5.74) is 1.15. The Morgan fingerprint density at radius 1 is 1.32 bits per heavy atom. The quantitative estimate of drug-likeness (QED) is 0.891. The molecule has 0 radical (unpaired) electrons. The zero-order valence-corrected chi connectivity index (χ0v) is 12.5. The summed E-state index contributed by atoms with van der Waals surface area (Å²) in [6.45, 7) is 0.884. The van der Waals surface area contributed by atoms with Crippen molar-refractivity contribution in [2.24, 2.45) is 0 Å². The second kappa shape index (κ2) is 6.60. The van der Waals surface area contributed by atoms with Gasteiger partial charge in [-0.15, -0.1) is 0 Å². The van der Waals surface area contributed by atoms with Crippen LogP contribution in [0.1, 0.15) is 31.2 Å². The lowest BCUT2D eigenvalue weighted by molar-refractivity contribution is 0.170. The first-order chi connectivity index (χ1) is 9.10. The van der Waals surface area contributed by atoms with Crippen molar-refractivity contribution >= 4 is 11.6 Å². The Kier molecular flexibility index (Phi) is 5.08. The van der Waals surface area contributed by atoms with Crippen LogP contribution in [0.3, 0.4) is 0 Å². The molecule has 19 heavy (non-hydrogen) atoms. The van der Waals surface area contributed by atoms with Crippen LogP contribution in [-0.4, -0.2) is 36.2 Å². The maximum atomic E-state index is 9.43. The van der Waals surface area contributed by atoms with Gasteiger partial charge in [-0.25, -0.2) is 0 Å². The van der Waals surface area contributed by atoms with Crippen molar-refractivity contribution in [3.8, 4) is 5.75 Å². The van der Waals surface area contributed by atoms with E-state index in [9.17, 15) is 5.11 Å². The Bertz CT molecular complexity index is 417. The Morgan fingerprint density at radius 2 is 2.00 bits per heavy atom. The molecule has 1 aliphatic carbocycles. The lowest BCUT2D eigenvalue weighted by Gasteiger charge is -2.34. The number of aromatic hydroxyl groups is 1. The first-order valence-corrected chi connectivity index (χ1v) is 7.33. The second-order valence-corrected chi connectivity index (χ2v) is 5.90. The molecule has 1 aromatic carbocycles. The minimum atomic E-state index is 0.155. The van der Waals surface area contributed by atoms with Gasteiger partial charge in [-0.05, 0) is 57.5 Å². The molecular formula is C15H23ClN2O. The molecule has 0 atom stereocenters. The molecule has 2 rings (SSSR count). The van der Waals surface area contributed by atoms with Crippen molar-refractivity contribution in [2.75, 3.05) is 14.1 Å². The predicted molar refractivity (Wildman–Crippen MR) is 79.7 cm³/mol. The van der Waals surface area contributed by atoms with Gasteiger partial charge < -0.3 is 10.4 Å². The molecule has 1 fully saturated rings. The molecule has 1 saturated carbocycles. The van der Waals surface area contributed by atoms with Crippen LogP contribution in [0.5, 0.6) is 5.75 Å². The second-order valence-electron chi connectivity index (χ2n) is 5.50. The van der Waals surface area contributed by atoms with Gasteiger partial charge in [0.1, 0.15) is 5.75 Å². The van der Waals surface area contributed by atoms with Crippen LogP contribution in [0.25, 0.3) is 0 Å². The number of benzene rings is 1. The molecule has 2 N–H and O–H groups in total. The van der Waals surface area contributed by atoms with Crippen molar-refractivity contribution in [2.45, 2.75) is 44.3 Å². The van der Waals surface area contributed by atoms with Crippen LogP contribution in [0.4, 0.5) is 0 Å². The SMILES string of the molecule is CNC1CCC(N(C)Cc2ccc(O)c(Cl)c2)CC1. The molecule has 0 unspecified atom stereocenters. The highest BCUT2D eigenvalue weighted by Gasteiger charge is 2.23. The van der Waals surface area contributed by atoms with Gasteiger partial charge in [0.05, 0.1) is 5.02 Å². The summed E-state index contributed by atoms with van der Waals surface area (Å²) in [5.74, 6) is 0.155. The fourth-order valence-corrected chi connectivity index (χ4v) is 3.07. The first-order valence-electron chi connectivity index (χ1n) is 6.95. The molecule has 4 heteroatoms. The number of rotatable bonds is 4. The summed E-state index contributed by atoms with van der Waals surface area (Å²) in [5, 5.41) is 13.2. The summed E-state index contributed by atoms with van der Waals surface area (Å²) in [4.78, 5) is 2.40. The van der Waals surface area contributed by atoms with Gasteiger partial charge in [-0.1, -0.05) is 17.7 Å². The topological polar surface area (TPSA) is 35.5 Å². The highest BCUT2D eigenvalue weighted by Crippen LogP contribution is 2.26. The molecule has 1 aliphatic rings. The average molecular weight is 283 g/mol. The molecule has 1 aromatic rings. The van der Waals surface area contributed by atoms with E-state index in [1.165, 1.54) is 25.7 Å². The van der Waals surface area contributed by atoms with Crippen LogP contribution in [0.15, 0.2) is 18.2 Å². The lowest BCUT2D eigenvalue weighted by Crippen LogP contribution is -2.39. The molecule has 0 bridgehead atoms. The highest BCUT2D eigenvalue weighted by molar-refractivity contribution is 6.32. The van der Waals surface area contributed by atoms with Gasteiger partial charge in [0.2, 0.25) is 0 Å². The van der Waals surface area contributed by atoms with E-state index in [1.54, 1.807) is 6.07 Å². The Balaban J connectivity index is 1.90. The van der Waals surface area contributed by atoms with Gasteiger partial charge in [0.25, 0.3) is 0 Å². The molecule has 0 spiro atoms. The molecule has 0 saturated heterocycles. The zero-order chi connectivity index (χ0) is 13.8. The van der Waals surface area contributed by atoms with Crippen LogP contribution < -0.4 is 5.32 Å². The summed E-state index contributed by atoms with van der Waals surface area (Å²) in [6, 6.07) is 6.80. The van der Waals surface area contributed by atoms with Gasteiger partial charge in [0, 0.05) is 18.6 Å². The van der Waals surface area contributed by atoms with E-state index >= 15 is 0 Å². The highest BCUT2D eigenvalue weighted by atomic mass is 35.5. The minimum absolute atomic E-state index is 0.155. The third kappa shape index (κ3) is 3.85. The van der Waals surface area contributed by atoms with Crippen molar-refractivity contribution in [1.82, 2.24) is 10.2 Å². The number of phenols is 1. The lowest BCUT2D eigenvalue weighted by atomic mass is 9.90. The van der Waals surface area contributed by atoms with E-state index in [2.05, 4.69) is 17.3 Å². The number of halogens is 1. The standard InChI is InChI=1S/C15H23ClN2O/c1-17-12-4-6-13(7-5-12)18(2)10-11-3-8-15(19)14(16)9-11/h3,8-9,12-13,17,19H,4-7,10H2,1-2H3. The summed E-state index contributed by atoms with van der Waals surface area (Å²) in [6.07, 6.45) is 4.99. The Morgan fingerprint density at radius 3 is 2.58 bits per heavy atom. The molecule has 0 aliphatic heterocycles. The van der Waals surface area contributed by atoms with Gasteiger partial charge in [-0.2, -0.15) is 0 Å². The molecular weight excluding hydrogens is 260 g/mol. The van der Waals surface area contributed by atoms with E-state index in [4.69, 9.17) is 11.6 Å². The summed E-state index contributed by atoms with van der Waals surface area (Å²) >= 11 is 5.94. The van der Waals surface area contributed by atoms with Crippen LogP contribution >= 0.6 is 11.6 Å². The molecule has 0 aromatic heterocycles. The van der Waals surface area contributed by atoms with E-state index < -0.39 is 0 Å². The number of hydrogen-bond donors (Lipinski definition) is 2. The largest absolute Gasteiger partial charge is 0.506 e. The first kappa shape index (κ1) is 14.6. The third-order valence-electron chi connectivity index (χ3n) is 4.17. The maximum Gasteiger partial charge on any atom is 0.134 e. The molecule has 0 heterocycles. The van der Waals surface area contributed by atoms with Crippen LogP contribution in [-0.2, 0) is 6.54 Å². The number of nitrogens with zero attached hydrogens (tertiary/aromatic N) is 1. The summed E-state index contributed by atoms with van der Waals surface area (Å²) in [7, 11) is 4.22. The van der Waals surface area contributed by atoms with Gasteiger partial charge >= 0.3 is 0 Å². The number of phenolic OH excluding ortho intramolecular Hbond substituents is 1. The van der Waals surface area contributed by atoms with E-state index in [-0.39, 0.29) is 5.75 Å². The predicted octanol–water partition coefficient (Wildman–Crippen LogP) is 3.01. The fourth-order valence-electron chi connectivity index (χ4n) is 2.87. The van der Waals surface area contributed by atoms with Crippen molar-refractivity contribution in [3.05, 3.63) is 28.8 Å². The fraction of sp³-hybridized carbons (Fsp3) is 0.600. The van der Waals surface area contributed by atoms with Crippen LogP contribution in [0, 0.1) is 0 Å². The zero-order valence-electron chi connectivity index (χ0n) is 11.7. The summed E-state index contributed by atoms with van der Waals surface area (Å²) < 4.78 is 0. The maximum absolute atomic E-state index is 9.43. The molecule has 3 nitrogen and oxygen atoms in total. The van der Waals surface area contributed by atoms with Crippen LogP contribution in [0.2, 0.25) is 5.02 Å². The van der Waals surface area contributed by atoms with Gasteiger partial charge in [0.15, 0.2) is 0 Å².